The summed E-state index contributed by atoms with van der Waals surface area (Å²) < 4.78 is 7.41. The molecule has 0 aliphatic carbocycles. The molecule has 37 heavy (non-hydrogen) atoms. The topological polar surface area (TPSA) is 14.3 Å². The highest BCUT2D eigenvalue weighted by atomic mass is 28.3. The Morgan fingerprint density at radius 2 is 1.43 bits per heavy atom. The van der Waals surface area contributed by atoms with Crippen LogP contribution in [0.4, 0.5) is 0 Å². The summed E-state index contributed by atoms with van der Waals surface area (Å²) in [6, 6.07) is 33.9. The van der Waals surface area contributed by atoms with Crippen molar-refractivity contribution in [3.8, 4) is 16.9 Å². The molecular weight excluding hydrogens is 466 g/mol. The lowest BCUT2D eigenvalue weighted by molar-refractivity contribution is 1.01. The number of fused-ring (bicyclic) bond motifs is 8. The van der Waals surface area contributed by atoms with Crippen molar-refractivity contribution in [1.82, 2.24) is 13.5 Å². The second-order valence-corrected chi connectivity index (χ2v) is 15.4. The van der Waals surface area contributed by atoms with Gasteiger partial charge in [-0.1, -0.05) is 73.8 Å². The molecule has 0 N–H and O–H groups in total. The third kappa shape index (κ3) is 2.13. The van der Waals surface area contributed by atoms with Gasteiger partial charge in [0.2, 0.25) is 0 Å². The zero-order valence-electron chi connectivity index (χ0n) is 21.1. The number of nitrogens with zero attached hydrogens (tertiary/aromatic N) is 3. The van der Waals surface area contributed by atoms with Gasteiger partial charge in [-0.15, -0.1) is 0 Å². The molecule has 0 radical (unpaired) electrons. The fourth-order valence-electron chi connectivity index (χ4n) is 7.46. The molecule has 0 saturated carbocycles. The van der Waals surface area contributed by atoms with E-state index >= 15 is 0 Å². The normalized spacial score (nSPS) is 14.6. The first-order chi connectivity index (χ1) is 18.1. The summed E-state index contributed by atoms with van der Waals surface area (Å²) in [5.74, 6) is 0. The summed E-state index contributed by atoms with van der Waals surface area (Å²) in [6.07, 6.45) is 2.25. The van der Waals surface area contributed by atoms with Gasteiger partial charge in [0.25, 0.3) is 0 Å². The van der Waals surface area contributed by atoms with Crippen LogP contribution in [0.3, 0.4) is 0 Å². The van der Waals surface area contributed by atoms with Crippen LogP contribution >= 0.6 is 0 Å². The minimum Gasteiger partial charge on any atom is -0.344 e. The lowest BCUT2D eigenvalue weighted by Crippen LogP contribution is -2.49. The summed E-state index contributed by atoms with van der Waals surface area (Å²) >= 11 is 0. The van der Waals surface area contributed by atoms with Crippen molar-refractivity contribution >= 4 is 67.6 Å². The molecule has 0 unspecified atom stereocenters. The molecule has 0 spiro atoms. The second kappa shape index (κ2) is 6.34. The number of benzene rings is 4. The Morgan fingerprint density at radius 3 is 2.30 bits per heavy atom. The maximum absolute atomic E-state index is 2.63. The summed E-state index contributed by atoms with van der Waals surface area (Å²) in [5.41, 5.74) is 9.20. The zero-order chi connectivity index (χ0) is 24.6. The van der Waals surface area contributed by atoms with Crippen LogP contribution in [0.25, 0.3) is 66.1 Å². The molecule has 5 heterocycles. The highest BCUT2D eigenvalue weighted by Crippen LogP contribution is 2.45. The molecule has 9 rings (SSSR count). The van der Waals surface area contributed by atoms with Crippen LogP contribution < -0.4 is 10.4 Å². The van der Waals surface area contributed by atoms with Crippen molar-refractivity contribution in [3.63, 3.8) is 0 Å². The first-order valence-electron chi connectivity index (χ1n) is 13.0. The van der Waals surface area contributed by atoms with E-state index in [2.05, 4.69) is 131 Å². The van der Waals surface area contributed by atoms with Gasteiger partial charge < -0.3 is 9.13 Å². The van der Waals surface area contributed by atoms with E-state index in [4.69, 9.17) is 0 Å². The van der Waals surface area contributed by atoms with Crippen molar-refractivity contribution in [2.75, 3.05) is 0 Å². The standard InChI is InChI=1S/C33H25N3Si/c1-34-25-14-9-13-24-28(25)29-26(34)17-16-21-22-18-19-35(20-10-5-4-6-11-20)33(22)36(30(21)29)31-23-12-7-8-15-27(23)37(2,3)32(24)31/h4-19H,1-3H3. The molecule has 0 saturated heterocycles. The number of rotatable bonds is 1. The van der Waals surface area contributed by atoms with Gasteiger partial charge in [-0.25, -0.2) is 0 Å². The van der Waals surface area contributed by atoms with Crippen LogP contribution in [-0.4, -0.2) is 21.6 Å². The highest BCUT2D eigenvalue weighted by Gasteiger charge is 2.41. The first-order valence-corrected chi connectivity index (χ1v) is 16.0. The van der Waals surface area contributed by atoms with E-state index in [0.29, 0.717) is 0 Å². The van der Waals surface area contributed by atoms with Gasteiger partial charge in [-0.2, -0.15) is 0 Å². The number of hydrogen-bond donors (Lipinski definition) is 0. The van der Waals surface area contributed by atoms with E-state index in [1.54, 1.807) is 5.19 Å². The fourth-order valence-corrected chi connectivity index (χ4v) is 10.8. The number of para-hydroxylation sites is 1. The molecular formula is C33H25N3Si. The Bertz CT molecular complexity index is 2220. The maximum atomic E-state index is 2.63. The summed E-state index contributed by atoms with van der Waals surface area (Å²) in [4.78, 5) is 0. The van der Waals surface area contributed by atoms with Crippen molar-refractivity contribution < 1.29 is 0 Å². The van der Waals surface area contributed by atoms with E-state index < -0.39 is 8.07 Å². The summed E-state index contributed by atoms with van der Waals surface area (Å²) in [5, 5.41) is 9.96. The Morgan fingerprint density at radius 1 is 0.649 bits per heavy atom. The largest absolute Gasteiger partial charge is 0.344 e. The quantitative estimate of drug-likeness (QED) is 0.221. The van der Waals surface area contributed by atoms with Gasteiger partial charge in [0.1, 0.15) is 13.7 Å². The third-order valence-electron chi connectivity index (χ3n) is 9.00. The van der Waals surface area contributed by atoms with Gasteiger partial charge >= 0.3 is 0 Å². The lowest BCUT2D eigenvalue weighted by Gasteiger charge is -2.19. The van der Waals surface area contributed by atoms with Crippen molar-refractivity contribution in [2.45, 2.75) is 13.1 Å². The molecule has 4 aromatic heterocycles. The molecule has 1 aliphatic rings. The molecule has 3 nitrogen and oxygen atoms in total. The van der Waals surface area contributed by atoms with E-state index in [-0.39, 0.29) is 0 Å². The van der Waals surface area contributed by atoms with Crippen LogP contribution in [0, 0.1) is 0 Å². The highest BCUT2D eigenvalue weighted by molar-refractivity contribution is 7.05. The smallest absolute Gasteiger partial charge is 0.130 e. The van der Waals surface area contributed by atoms with Gasteiger partial charge in [-0.05, 0) is 51.7 Å². The Hall–Kier alpha value is -4.28. The molecule has 0 fully saturated rings. The molecule has 8 aromatic rings. The third-order valence-corrected chi connectivity index (χ3v) is 12.5. The number of aryl methyl sites for hydroxylation is 1. The van der Waals surface area contributed by atoms with Crippen LogP contribution in [-0.2, 0) is 7.05 Å². The minimum atomic E-state index is -1.99. The van der Waals surface area contributed by atoms with Crippen molar-refractivity contribution in [3.05, 3.63) is 97.2 Å². The predicted octanol–water partition coefficient (Wildman–Crippen LogP) is 6.92. The van der Waals surface area contributed by atoms with Crippen LogP contribution in [0.15, 0.2) is 97.2 Å². The van der Waals surface area contributed by atoms with E-state index in [1.807, 2.05) is 0 Å². The monoisotopic (exact) mass is 491 g/mol. The van der Waals surface area contributed by atoms with Crippen LogP contribution in [0.5, 0.6) is 0 Å². The van der Waals surface area contributed by atoms with E-state index in [1.165, 1.54) is 71.3 Å². The van der Waals surface area contributed by atoms with Gasteiger partial charge in [0.05, 0.1) is 16.7 Å². The Balaban J connectivity index is 1.70. The average Bonchev–Trinajstić information content (AvgIpc) is 3.60. The minimum absolute atomic E-state index is 1.19. The lowest BCUT2D eigenvalue weighted by atomic mass is 10.1. The van der Waals surface area contributed by atoms with Crippen molar-refractivity contribution in [2.24, 2.45) is 7.05 Å². The molecule has 1 aliphatic heterocycles. The number of hydrogen-bond acceptors (Lipinski definition) is 0. The molecule has 0 amide bonds. The SMILES string of the molecule is Cn1c2cccc3c4c(n5c6c(ccc1c6c32)c1ccn(-c2ccccc2)c15)-c1ccccc1[Si]4(C)C. The molecule has 0 bridgehead atoms. The fraction of sp³-hybridized carbons (Fsp3) is 0.0909. The van der Waals surface area contributed by atoms with Gasteiger partial charge in [-0.3, -0.25) is 4.40 Å². The zero-order valence-corrected chi connectivity index (χ0v) is 22.1. The van der Waals surface area contributed by atoms with Crippen LogP contribution in [0.1, 0.15) is 0 Å². The number of aromatic nitrogens is 3. The van der Waals surface area contributed by atoms with Gasteiger partial charge in [0, 0.05) is 46.0 Å². The predicted molar refractivity (Wildman–Crippen MR) is 159 cm³/mol. The average molecular weight is 492 g/mol. The van der Waals surface area contributed by atoms with E-state index in [0.717, 1.165) is 0 Å². The molecule has 4 aromatic carbocycles. The van der Waals surface area contributed by atoms with Gasteiger partial charge in [0.15, 0.2) is 0 Å². The van der Waals surface area contributed by atoms with Crippen LogP contribution in [0.2, 0.25) is 13.1 Å². The Kier molecular flexibility index (Phi) is 3.40. The Labute approximate surface area is 215 Å². The first kappa shape index (κ1) is 19.9. The summed E-state index contributed by atoms with van der Waals surface area (Å²) in [6.45, 7) is 5.08. The molecule has 4 heteroatoms. The van der Waals surface area contributed by atoms with Crippen molar-refractivity contribution in [1.29, 1.82) is 0 Å². The summed E-state index contributed by atoms with van der Waals surface area (Å²) in [7, 11) is 0.233. The second-order valence-electron chi connectivity index (χ2n) is 11.1. The molecule has 0 atom stereocenters. The maximum Gasteiger partial charge on any atom is 0.130 e. The molecule has 176 valence electrons. The van der Waals surface area contributed by atoms with E-state index in [9.17, 15) is 0 Å².